The van der Waals surface area contributed by atoms with E-state index in [4.69, 9.17) is 12.2 Å². The van der Waals surface area contributed by atoms with Gasteiger partial charge in [0, 0.05) is 19.3 Å². The third kappa shape index (κ3) is 2.90. The van der Waals surface area contributed by atoms with Crippen LogP contribution in [-0.4, -0.2) is 35.8 Å². The third-order valence-corrected chi connectivity index (χ3v) is 3.33. The third-order valence-electron chi connectivity index (χ3n) is 2.28. The maximum absolute atomic E-state index is 10.9. The highest BCUT2D eigenvalue weighted by Crippen LogP contribution is 2.11. The van der Waals surface area contributed by atoms with E-state index >= 15 is 0 Å². The summed E-state index contributed by atoms with van der Waals surface area (Å²) >= 11 is 5.16. The summed E-state index contributed by atoms with van der Waals surface area (Å²) < 4.78 is 26.7. The average Bonchev–Trinajstić information content (AvgIpc) is 2.54. The van der Waals surface area contributed by atoms with Crippen LogP contribution in [0.3, 0.4) is 0 Å². The molecule has 2 rings (SSSR count). The van der Waals surface area contributed by atoms with Crippen LogP contribution < -0.4 is 4.72 Å². The molecule has 2 N–H and O–H groups in total. The molecule has 2 aromatic rings. The van der Waals surface area contributed by atoms with Crippen molar-refractivity contribution >= 4 is 33.3 Å². The fourth-order valence-electron chi connectivity index (χ4n) is 1.58. The summed E-state index contributed by atoms with van der Waals surface area (Å²) in [6, 6.07) is 1.84. The lowest BCUT2D eigenvalue weighted by atomic mass is 10.4. The van der Waals surface area contributed by atoms with Gasteiger partial charge in [0.2, 0.25) is 10.0 Å². The van der Waals surface area contributed by atoms with Gasteiger partial charge in [0.05, 0.1) is 23.5 Å². The van der Waals surface area contributed by atoms with Crippen LogP contribution in [0.15, 0.2) is 18.5 Å². The van der Waals surface area contributed by atoms with E-state index in [2.05, 4.69) is 14.7 Å². The lowest BCUT2D eigenvalue weighted by molar-refractivity contribution is 0.579. The molecule has 0 saturated carbocycles. The lowest BCUT2D eigenvalue weighted by Gasteiger charge is -2.04. The van der Waals surface area contributed by atoms with Gasteiger partial charge in [-0.1, -0.05) is 0 Å². The van der Waals surface area contributed by atoms with Gasteiger partial charge < -0.3 is 9.55 Å². The molecule has 0 aromatic carbocycles. The maximum Gasteiger partial charge on any atom is 0.208 e. The van der Waals surface area contributed by atoms with E-state index in [9.17, 15) is 8.42 Å². The first-order valence-electron chi connectivity index (χ1n) is 4.94. The number of imidazole rings is 1. The van der Waals surface area contributed by atoms with E-state index in [1.54, 1.807) is 12.4 Å². The molecule has 0 aliphatic heterocycles. The Kier molecular flexibility index (Phi) is 3.27. The van der Waals surface area contributed by atoms with E-state index in [0.29, 0.717) is 17.9 Å². The molecule has 2 aromatic heterocycles. The van der Waals surface area contributed by atoms with Gasteiger partial charge in [-0.15, -0.1) is 0 Å². The SMILES string of the molecule is CS(=O)(=O)NCCn1c(=S)[nH]c2cnccc21. The summed E-state index contributed by atoms with van der Waals surface area (Å²) in [4.78, 5) is 7.00. The summed E-state index contributed by atoms with van der Waals surface area (Å²) in [5.74, 6) is 0. The number of hydrogen-bond donors (Lipinski definition) is 2. The average molecular weight is 272 g/mol. The fraction of sp³-hybridized carbons (Fsp3) is 0.333. The number of aromatic amines is 1. The number of H-pyrrole nitrogens is 1. The smallest absolute Gasteiger partial charge is 0.208 e. The minimum absolute atomic E-state index is 0.308. The zero-order valence-electron chi connectivity index (χ0n) is 9.17. The summed E-state index contributed by atoms with van der Waals surface area (Å²) in [6.45, 7) is 0.790. The van der Waals surface area contributed by atoms with Crippen LogP contribution in [0.4, 0.5) is 0 Å². The van der Waals surface area contributed by atoms with Crippen molar-refractivity contribution < 1.29 is 8.42 Å². The van der Waals surface area contributed by atoms with Gasteiger partial charge in [-0.25, -0.2) is 13.1 Å². The number of sulfonamides is 1. The van der Waals surface area contributed by atoms with Crippen molar-refractivity contribution in [3.05, 3.63) is 23.2 Å². The van der Waals surface area contributed by atoms with Gasteiger partial charge in [0.15, 0.2) is 4.77 Å². The van der Waals surface area contributed by atoms with Crippen LogP contribution in [0.1, 0.15) is 0 Å². The highest BCUT2D eigenvalue weighted by Gasteiger charge is 2.05. The highest BCUT2D eigenvalue weighted by molar-refractivity contribution is 7.88. The van der Waals surface area contributed by atoms with E-state index in [1.807, 2.05) is 10.6 Å². The first-order chi connectivity index (χ1) is 7.97. The topological polar surface area (TPSA) is 79.8 Å². The van der Waals surface area contributed by atoms with Crippen molar-refractivity contribution in [3.8, 4) is 0 Å². The number of rotatable bonds is 4. The summed E-state index contributed by atoms with van der Waals surface area (Å²) in [5.41, 5.74) is 1.76. The molecular weight excluding hydrogens is 260 g/mol. The quantitative estimate of drug-likeness (QED) is 0.801. The first kappa shape index (κ1) is 12.2. The Bertz CT molecular complexity index is 686. The van der Waals surface area contributed by atoms with Gasteiger partial charge in [0.25, 0.3) is 0 Å². The number of fused-ring (bicyclic) bond motifs is 1. The maximum atomic E-state index is 10.9. The zero-order chi connectivity index (χ0) is 12.5. The van der Waals surface area contributed by atoms with Crippen molar-refractivity contribution in [2.75, 3.05) is 12.8 Å². The van der Waals surface area contributed by atoms with Crippen molar-refractivity contribution in [1.29, 1.82) is 0 Å². The molecule has 17 heavy (non-hydrogen) atoms. The number of hydrogen-bond acceptors (Lipinski definition) is 4. The zero-order valence-corrected chi connectivity index (χ0v) is 10.8. The lowest BCUT2D eigenvalue weighted by Crippen LogP contribution is -2.26. The second kappa shape index (κ2) is 4.55. The Hall–Kier alpha value is -1.25. The number of pyridine rings is 1. The molecule has 0 saturated heterocycles. The Morgan fingerprint density at radius 3 is 3.06 bits per heavy atom. The second-order valence-electron chi connectivity index (χ2n) is 3.64. The number of nitrogens with zero attached hydrogens (tertiary/aromatic N) is 2. The summed E-state index contributed by atoms with van der Waals surface area (Å²) in [7, 11) is -3.16. The minimum atomic E-state index is -3.16. The molecular formula is C9H12N4O2S2. The first-order valence-corrected chi connectivity index (χ1v) is 7.24. The van der Waals surface area contributed by atoms with Crippen LogP contribution in [0.2, 0.25) is 0 Å². The molecule has 0 unspecified atom stereocenters. The number of aromatic nitrogens is 3. The van der Waals surface area contributed by atoms with Crippen LogP contribution in [0.25, 0.3) is 11.0 Å². The van der Waals surface area contributed by atoms with Crippen molar-refractivity contribution in [2.24, 2.45) is 0 Å². The van der Waals surface area contributed by atoms with Crippen LogP contribution in [0.5, 0.6) is 0 Å². The van der Waals surface area contributed by atoms with Gasteiger partial charge in [-0.2, -0.15) is 0 Å². The van der Waals surface area contributed by atoms with Gasteiger partial charge in [-0.05, 0) is 18.3 Å². The monoisotopic (exact) mass is 272 g/mol. The standard InChI is InChI=1S/C9H12N4O2S2/c1-17(14,15)11-4-5-13-8-2-3-10-6-7(8)12-9(13)16/h2-3,6,11H,4-5H2,1H3,(H,12,16). The fourth-order valence-corrected chi connectivity index (χ4v) is 2.34. The van der Waals surface area contributed by atoms with E-state index in [-0.39, 0.29) is 0 Å². The Morgan fingerprint density at radius 2 is 2.35 bits per heavy atom. The molecule has 0 fully saturated rings. The minimum Gasteiger partial charge on any atom is -0.329 e. The van der Waals surface area contributed by atoms with Crippen LogP contribution in [-0.2, 0) is 16.6 Å². The molecule has 2 heterocycles. The Labute approximate surface area is 104 Å². The molecule has 8 heteroatoms. The van der Waals surface area contributed by atoms with E-state index in [0.717, 1.165) is 17.3 Å². The van der Waals surface area contributed by atoms with Gasteiger partial charge in [0.1, 0.15) is 0 Å². The van der Waals surface area contributed by atoms with Crippen LogP contribution >= 0.6 is 12.2 Å². The van der Waals surface area contributed by atoms with Crippen LogP contribution in [0, 0.1) is 4.77 Å². The number of nitrogens with one attached hydrogen (secondary N) is 2. The summed E-state index contributed by atoms with van der Waals surface area (Å²) in [5, 5.41) is 0. The van der Waals surface area contributed by atoms with E-state index in [1.165, 1.54) is 0 Å². The molecule has 0 aliphatic carbocycles. The van der Waals surface area contributed by atoms with Crippen molar-refractivity contribution in [3.63, 3.8) is 0 Å². The molecule has 6 nitrogen and oxygen atoms in total. The normalized spacial score (nSPS) is 12.1. The van der Waals surface area contributed by atoms with Gasteiger partial charge in [-0.3, -0.25) is 4.98 Å². The molecule has 92 valence electrons. The Balaban J connectivity index is 2.24. The Morgan fingerprint density at radius 1 is 1.59 bits per heavy atom. The predicted molar refractivity (Wildman–Crippen MR) is 67.8 cm³/mol. The summed E-state index contributed by atoms with van der Waals surface area (Å²) in [6.07, 6.45) is 4.49. The second-order valence-corrected chi connectivity index (χ2v) is 5.86. The van der Waals surface area contributed by atoms with Gasteiger partial charge >= 0.3 is 0 Å². The molecule has 0 amide bonds. The van der Waals surface area contributed by atoms with Crippen molar-refractivity contribution in [1.82, 2.24) is 19.3 Å². The largest absolute Gasteiger partial charge is 0.329 e. The van der Waals surface area contributed by atoms with E-state index < -0.39 is 10.0 Å². The molecule has 0 radical (unpaired) electrons. The molecule has 0 bridgehead atoms. The molecule has 0 spiro atoms. The predicted octanol–water partition coefficient (Wildman–Crippen LogP) is 0.643. The molecule has 0 atom stereocenters. The highest BCUT2D eigenvalue weighted by atomic mass is 32.2. The van der Waals surface area contributed by atoms with Crippen molar-refractivity contribution in [2.45, 2.75) is 6.54 Å². The molecule has 0 aliphatic rings.